The molecule has 1 heterocycles. The lowest BCUT2D eigenvalue weighted by Crippen LogP contribution is -2.33. The molecule has 0 aromatic carbocycles. The normalized spacial score (nSPS) is 23.9. The number of nitro groups is 1. The number of hydrogen-bond donors (Lipinski definition) is 0. The van der Waals surface area contributed by atoms with Gasteiger partial charge in [0.15, 0.2) is 6.17 Å². The van der Waals surface area contributed by atoms with Crippen LogP contribution in [0.4, 0.5) is 0 Å². The van der Waals surface area contributed by atoms with E-state index >= 15 is 0 Å². The van der Waals surface area contributed by atoms with Gasteiger partial charge in [-0.1, -0.05) is 0 Å². The Morgan fingerprint density at radius 3 is 2.36 bits per heavy atom. The summed E-state index contributed by atoms with van der Waals surface area (Å²) in [5, 5.41) is 10.4. The van der Waals surface area contributed by atoms with Gasteiger partial charge in [0.1, 0.15) is 0 Å². The molecule has 0 amide bonds. The number of nitrogens with zero attached hydrogens (tertiary/aromatic N) is 3. The Morgan fingerprint density at radius 2 is 2.18 bits per heavy atom. The molecule has 0 aliphatic carbocycles. The quantitative estimate of drug-likeness (QED) is 0.405. The molecule has 5 nitrogen and oxygen atoms in total. The van der Waals surface area contributed by atoms with Gasteiger partial charge in [-0.2, -0.15) is 0 Å². The first kappa shape index (κ1) is 7.84. The first-order valence-electron chi connectivity index (χ1n) is 3.35. The largest absolute Gasteiger partial charge is 0.358 e. The second-order valence-electron chi connectivity index (χ2n) is 2.65. The molecule has 0 N–H and O–H groups in total. The summed E-state index contributed by atoms with van der Waals surface area (Å²) in [6.45, 7) is 1.91. The van der Waals surface area contributed by atoms with Gasteiger partial charge in [-0.25, -0.2) is 4.90 Å². The van der Waals surface area contributed by atoms with Crippen molar-refractivity contribution in [3.63, 3.8) is 0 Å². The van der Waals surface area contributed by atoms with Gasteiger partial charge in [0, 0.05) is 7.05 Å². The lowest BCUT2D eigenvalue weighted by molar-refractivity contribution is -0.444. The highest BCUT2D eigenvalue weighted by molar-refractivity contribution is 4.99. The van der Waals surface area contributed by atoms with Gasteiger partial charge in [-0.15, -0.1) is 0 Å². The fraction of sp³-hybridized carbons (Fsp3) is 0.667. The summed E-state index contributed by atoms with van der Waals surface area (Å²) >= 11 is 0. The predicted molar refractivity (Wildman–Crippen MR) is 40.1 cm³/mol. The van der Waals surface area contributed by atoms with Gasteiger partial charge in [0.2, 0.25) is 0 Å². The van der Waals surface area contributed by atoms with Crippen molar-refractivity contribution in [3.8, 4) is 0 Å². The Kier molecular flexibility index (Phi) is 1.72. The van der Waals surface area contributed by atoms with E-state index in [0.29, 0.717) is 0 Å². The lowest BCUT2D eigenvalue weighted by atomic mass is 10.5. The number of hydrogen-bond acceptors (Lipinski definition) is 4. The van der Waals surface area contributed by atoms with Gasteiger partial charge in [-0.05, 0) is 11.8 Å². The van der Waals surface area contributed by atoms with Crippen molar-refractivity contribution >= 4 is 0 Å². The smallest absolute Gasteiger partial charge is 0.335 e. The van der Waals surface area contributed by atoms with Crippen LogP contribution in [-0.2, 0) is 0 Å². The molecule has 1 aliphatic heterocycles. The van der Waals surface area contributed by atoms with Crippen LogP contribution < -0.4 is 0 Å². The van der Waals surface area contributed by atoms with Gasteiger partial charge in [-0.3, -0.25) is 0 Å². The van der Waals surface area contributed by atoms with E-state index in [1.54, 1.807) is 16.8 Å². The highest BCUT2D eigenvalue weighted by Gasteiger charge is 2.31. The van der Waals surface area contributed by atoms with E-state index in [1.165, 1.54) is 6.20 Å². The standard InChI is InChI=1S/C6H11N3O2/c1-5-7(2)4-6(8(5)3)9(10)11/h4-5H,1-3H3. The maximum Gasteiger partial charge on any atom is 0.335 e. The minimum Gasteiger partial charge on any atom is -0.358 e. The molecule has 0 radical (unpaired) electrons. The Morgan fingerprint density at radius 1 is 1.64 bits per heavy atom. The van der Waals surface area contributed by atoms with Crippen LogP contribution in [0.25, 0.3) is 0 Å². The zero-order chi connectivity index (χ0) is 8.59. The maximum absolute atomic E-state index is 10.4. The molecular weight excluding hydrogens is 146 g/mol. The van der Waals surface area contributed by atoms with Gasteiger partial charge in [0.05, 0.1) is 13.2 Å². The van der Waals surface area contributed by atoms with Crippen LogP contribution in [0, 0.1) is 10.1 Å². The van der Waals surface area contributed by atoms with Crippen molar-refractivity contribution in [2.24, 2.45) is 0 Å². The Bertz CT molecular complexity index is 214. The topological polar surface area (TPSA) is 49.6 Å². The summed E-state index contributed by atoms with van der Waals surface area (Å²) in [6.07, 6.45) is 1.61. The first-order chi connectivity index (χ1) is 5.04. The molecule has 1 rings (SSSR count). The minimum atomic E-state index is -0.375. The zero-order valence-corrected chi connectivity index (χ0v) is 6.81. The van der Waals surface area contributed by atoms with E-state index in [1.807, 2.05) is 14.0 Å². The third kappa shape index (κ3) is 1.13. The molecule has 0 saturated heterocycles. The third-order valence-corrected chi connectivity index (χ3v) is 2.02. The van der Waals surface area contributed by atoms with Crippen LogP contribution in [0.3, 0.4) is 0 Å². The second kappa shape index (κ2) is 2.41. The van der Waals surface area contributed by atoms with E-state index in [-0.39, 0.29) is 16.9 Å². The predicted octanol–water partition coefficient (Wildman–Crippen LogP) is 0.285. The molecule has 11 heavy (non-hydrogen) atoms. The lowest BCUT2D eigenvalue weighted by Gasteiger charge is -2.17. The molecule has 0 saturated carbocycles. The van der Waals surface area contributed by atoms with Crippen LogP contribution in [0.2, 0.25) is 0 Å². The highest BCUT2D eigenvalue weighted by atomic mass is 16.6. The molecule has 0 fully saturated rings. The van der Waals surface area contributed by atoms with E-state index in [2.05, 4.69) is 0 Å². The summed E-state index contributed by atoms with van der Waals surface area (Å²) in [4.78, 5) is 13.4. The molecule has 0 aromatic heterocycles. The van der Waals surface area contributed by atoms with Gasteiger partial charge >= 0.3 is 5.82 Å². The van der Waals surface area contributed by atoms with Crippen molar-refractivity contribution < 1.29 is 4.92 Å². The first-order valence-corrected chi connectivity index (χ1v) is 3.35. The SMILES string of the molecule is CC1N(C)C=C([N+](=O)[O-])N1C. The van der Waals surface area contributed by atoms with Crippen LogP contribution in [0.5, 0.6) is 0 Å². The third-order valence-electron chi connectivity index (χ3n) is 2.02. The monoisotopic (exact) mass is 157 g/mol. The Balaban J connectivity index is 2.83. The summed E-state index contributed by atoms with van der Waals surface area (Å²) < 4.78 is 0. The molecule has 5 heteroatoms. The number of rotatable bonds is 1. The molecule has 1 atom stereocenters. The van der Waals surface area contributed by atoms with Crippen molar-refractivity contribution in [3.05, 3.63) is 22.1 Å². The van der Waals surface area contributed by atoms with Crippen molar-refractivity contribution in [2.45, 2.75) is 13.1 Å². The van der Waals surface area contributed by atoms with Crippen LogP contribution in [0.15, 0.2) is 12.0 Å². The zero-order valence-electron chi connectivity index (χ0n) is 6.81. The van der Waals surface area contributed by atoms with Crippen LogP contribution in [-0.4, -0.2) is 35.0 Å². The fourth-order valence-electron chi connectivity index (χ4n) is 1.02. The van der Waals surface area contributed by atoms with Gasteiger partial charge < -0.3 is 15.0 Å². The minimum absolute atomic E-state index is 0.0791. The average Bonchev–Trinajstić information content (AvgIpc) is 2.17. The van der Waals surface area contributed by atoms with Crippen molar-refractivity contribution in [1.82, 2.24) is 9.80 Å². The molecular formula is C6H11N3O2. The summed E-state index contributed by atoms with van der Waals surface area (Å²) in [7, 11) is 3.53. The molecule has 1 unspecified atom stereocenters. The van der Waals surface area contributed by atoms with E-state index in [4.69, 9.17) is 0 Å². The average molecular weight is 157 g/mol. The molecule has 62 valence electrons. The van der Waals surface area contributed by atoms with Crippen molar-refractivity contribution in [1.29, 1.82) is 0 Å². The van der Waals surface area contributed by atoms with Gasteiger partial charge in [0.25, 0.3) is 0 Å². The van der Waals surface area contributed by atoms with E-state index in [9.17, 15) is 10.1 Å². The highest BCUT2D eigenvalue weighted by Crippen LogP contribution is 2.18. The molecule has 0 aromatic rings. The molecule has 0 bridgehead atoms. The second-order valence-corrected chi connectivity index (χ2v) is 2.65. The van der Waals surface area contributed by atoms with Crippen molar-refractivity contribution in [2.75, 3.05) is 14.1 Å². The molecule has 1 aliphatic rings. The summed E-state index contributed by atoms with van der Waals surface area (Å²) in [5.74, 6) is 0.153. The fourth-order valence-corrected chi connectivity index (χ4v) is 1.02. The summed E-state index contributed by atoms with van der Waals surface area (Å²) in [6, 6.07) is 0. The maximum atomic E-state index is 10.4. The van der Waals surface area contributed by atoms with Crippen LogP contribution >= 0.6 is 0 Å². The van der Waals surface area contributed by atoms with E-state index < -0.39 is 0 Å². The Hall–Kier alpha value is -1.26. The summed E-state index contributed by atoms with van der Waals surface area (Å²) in [5.41, 5.74) is 0. The van der Waals surface area contributed by atoms with E-state index in [0.717, 1.165) is 0 Å². The molecule has 0 spiro atoms. The van der Waals surface area contributed by atoms with Crippen LogP contribution in [0.1, 0.15) is 6.92 Å². The Labute approximate surface area is 65.0 Å².